The fourth-order valence-corrected chi connectivity index (χ4v) is 5.04. The molecule has 0 radical (unpaired) electrons. The molecule has 142 valence electrons. The molecule has 2 aliphatic rings. The van der Waals surface area contributed by atoms with Gasteiger partial charge in [0, 0.05) is 22.0 Å². The van der Waals surface area contributed by atoms with Crippen molar-refractivity contribution < 1.29 is 9.84 Å². The molecular weight excluding hydrogens is 439 g/mol. The third kappa shape index (κ3) is 2.94. The molecule has 0 saturated heterocycles. The van der Waals surface area contributed by atoms with Crippen molar-refractivity contribution >= 4 is 51.9 Å². The van der Waals surface area contributed by atoms with E-state index in [4.69, 9.17) is 44.6 Å². The predicted octanol–water partition coefficient (Wildman–Crippen LogP) is 6.66. The van der Waals surface area contributed by atoms with Crippen molar-refractivity contribution in [3.8, 4) is 11.5 Å². The number of hydrogen-bond acceptors (Lipinski definition) is 5. The maximum Gasteiger partial charge on any atom is 0.217 e. The van der Waals surface area contributed by atoms with Gasteiger partial charge in [-0.15, -0.1) is 11.3 Å². The van der Waals surface area contributed by atoms with Crippen molar-refractivity contribution in [2.75, 3.05) is 0 Å². The Labute approximate surface area is 180 Å². The van der Waals surface area contributed by atoms with Crippen LogP contribution < -0.4 is 4.74 Å². The molecule has 2 aliphatic heterocycles. The van der Waals surface area contributed by atoms with Crippen molar-refractivity contribution in [1.82, 2.24) is 5.01 Å². The SMILES string of the molecule is Oc1c(Cl)cc(Cl)cc1[C@@H]1Oc2ccc(Cl)cc2[C@H]2CC(c3cccs3)=NN21. The molecule has 0 saturated carbocycles. The first-order valence-electron chi connectivity index (χ1n) is 8.55. The maximum absolute atomic E-state index is 10.6. The van der Waals surface area contributed by atoms with Crippen LogP contribution >= 0.6 is 46.1 Å². The van der Waals surface area contributed by atoms with Gasteiger partial charge in [0.2, 0.25) is 6.23 Å². The first-order valence-corrected chi connectivity index (χ1v) is 10.6. The van der Waals surface area contributed by atoms with Crippen LogP contribution in [0.25, 0.3) is 0 Å². The van der Waals surface area contributed by atoms with Crippen LogP contribution in [0.3, 0.4) is 0 Å². The van der Waals surface area contributed by atoms with E-state index in [2.05, 4.69) is 0 Å². The van der Waals surface area contributed by atoms with E-state index in [1.54, 1.807) is 23.5 Å². The van der Waals surface area contributed by atoms with Crippen LogP contribution in [-0.4, -0.2) is 15.8 Å². The van der Waals surface area contributed by atoms with Crippen molar-refractivity contribution in [3.63, 3.8) is 0 Å². The van der Waals surface area contributed by atoms with E-state index in [0.29, 0.717) is 27.8 Å². The summed E-state index contributed by atoms with van der Waals surface area (Å²) in [5.74, 6) is 0.640. The van der Waals surface area contributed by atoms with E-state index in [9.17, 15) is 5.11 Å². The highest BCUT2D eigenvalue weighted by molar-refractivity contribution is 7.12. The third-order valence-electron chi connectivity index (χ3n) is 4.88. The summed E-state index contributed by atoms with van der Waals surface area (Å²) in [5.41, 5.74) is 2.40. The fraction of sp³-hybridized carbons (Fsp3) is 0.150. The number of phenols is 1. The molecular formula is C20H13Cl3N2O2S. The van der Waals surface area contributed by atoms with Gasteiger partial charge in [0.1, 0.15) is 11.5 Å². The molecule has 8 heteroatoms. The van der Waals surface area contributed by atoms with Crippen LogP contribution in [0.1, 0.15) is 34.7 Å². The van der Waals surface area contributed by atoms with E-state index in [1.165, 1.54) is 6.07 Å². The summed E-state index contributed by atoms with van der Waals surface area (Å²) in [6, 6.07) is 12.7. The molecule has 2 aromatic carbocycles. The number of phenolic OH excluding ortho intramolecular Hbond substituents is 1. The second-order valence-corrected chi connectivity index (χ2v) is 8.83. The zero-order valence-electron chi connectivity index (χ0n) is 14.3. The molecule has 28 heavy (non-hydrogen) atoms. The number of halogens is 3. The molecule has 1 N–H and O–H groups in total. The maximum atomic E-state index is 10.6. The van der Waals surface area contributed by atoms with Gasteiger partial charge < -0.3 is 9.84 Å². The lowest BCUT2D eigenvalue weighted by Gasteiger charge is -2.38. The minimum Gasteiger partial charge on any atom is -0.506 e. The van der Waals surface area contributed by atoms with Gasteiger partial charge in [-0.25, -0.2) is 5.01 Å². The summed E-state index contributed by atoms with van der Waals surface area (Å²) in [7, 11) is 0. The Morgan fingerprint density at radius 2 is 1.89 bits per heavy atom. The van der Waals surface area contributed by atoms with E-state index in [-0.39, 0.29) is 16.8 Å². The monoisotopic (exact) mass is 450 g/mol. The Bertz CT molecular complexity index is 1100. The zero-order valence-corrected chi connectivity index (χ0v) is 17.4. The fourth-order valence-electron chi connectivity index (χ4n) is 3.63. The van der Waals surface area contributed by atoms with Gasteiger partial charge in [0.05, 0.1) is 27.2 Å². The molecule has 5 rings (SSSR count). The highest BCUT2D eigenvalue weighted by Crippen LogP contribution is 2.50. The number of hydrazone groups is 1. The number of rotatable bonds is 2. The van der Waals surface area contributed by atoms with Gasteiger partial charge in [-0.05, 0) is 41.8 Å². The lowest BCUT2D eigenvalue weighted by Crippen LogP contribution is -2.33. The van der Waals surface area contributed by atoms with Gasteiger partial charge >= 0.3 is 0 Å². The topological polar surface area (TPSA) is 45.1 Å². The van der Waals surface area contributed by atoms with Gasteiger partial charge in [-0.1, -0.05) is 40.9 Å². The van der Waals surface area contributed by atoms with Crippen LogP contribution in [0.15, 0.2) is 52.9 Å². The minimum atomic E-state index is -0.660. The van der Waals surface area contributed by atoms with Gasteiger partial charge in [0.15, 0.2) is 0 Å². The van der Waals surface area contributed by atoms with Gasteiger partial charge in [-0.3, -0.25) is 0 Å². The zero-order chi connectivity index (χ0) is 19.4. The average Bonchev–Trinajstić information content (AvgIpc) is 3.33. The van der Waals surface area contributed by atoms with Crippen molar-refractivity contribution in [2.24, 2.45) is 5.10 Å². The number of ether oxygens (including phenoxy) is 1. The van der Waals surface area contributed by atoms with Crippen molar-refractivity contribution in [1.29, 1.82) is 0 Å². The third-order valence-corrected chi connectivity index (χ3v) is 6.54. The van der Waals surface area contributed by atoms with Crippen LogP contribution in [0, 0.1) is 0 Å². The van der Waals surface area contributed by atoms with E-state index >= 15 is 0 Å². The Balaban J connectivity index is 1.66. The summed E-state index contributed by atoms with van der Waals surface area (Å²) >= 11 is 20.2. The summed E-state index contributed by atoms with van der Waals surface area (Å²) in [4.78, 5) is 1.10. The van der Waals surface area contributed by atoms with Crippen molar-refractivity contribution in [2.45, 2.75) is 18.7 Å². The van der Waals surface area contributed by atoms with Crippen LogP contribution in [0.4, 0.5) is 0 Å². The molecule has 2 atom stereocenters. The first-order chi connectivity index (χ1) is 13.5. The van der Waals surface area contributed by atoms with Crippen LogP contribution in [0.2, 0.25) is 15.1 Å². The van der Waals surface area contributed by atoms with E-state index in [1.807, 2.05) is 34.7 Å². The van der Waals surface area contributed by atoms with Crippen molar-refractivity contribution in [3.05, 3.63) is 78.9 Å². The normalized spacial score (nSPS) is 20.4. The number of nitrogens with zero attached hydrogens (tertiary/aromatic N) is 2. The molecule has 3 aromatic rings. The summed E-state index contributed by atoms with van der Waals surface area (Å²) in [6.45, 7) is 0. The molecule has 1 aromatic heterocycles. The number of fused-ring (bicyclic) bond motifs is 3. The Morgan fingerprint density at radius 1 is 1.07 bits per heavy atom. The lowest BCUT2D eigenvalue weighted by atomic mass is 9.97. The van der Waals surface area contributed by atoms with Crippen LogP contribution in [-0.2, 0) is 0 Å². The molecule has 0 unspecified atom stereocenters. The second kappa shape index (κ2) is 6.85. The number of aromatic hydroxyl groups is 1. The molecule has 0 aliphatic carbocycles. The average molecular weight is 452 g/mol. The molecule has 3 heterocycles. The Kier molecular flexibility index (Phi) is 4.43. The van der Waals surface area contributed by atoms with Gasteiger partial charge in [-0.2, -0.15) is 5.10 Å². The summed E-state index contributed by atoms with van der Waals surface area (Å²) in [6.07, 6.45) is 0.0512. The first kappa shape index (κ1) is 18.1. The smallest absolute Gasteiger partial charge is 0.217 e. The van der Waals surface area contributed by atoms with Gasteiger partial charge in [0.25, 0.3) is 0 Å². The predicted molar refractivity (Wildman–Crippen MR) is 113 cm³/mol. The quantitative estimate of drug-likeness (QED) is 0.474. The number of hydrogen-bond donors (Lipinski definition) is 1. The molecule has 0 bridgehead atoms. The largest absolute Gasteiger partial charge is 0.506 e. The minimum absolute atomic E-state index is 0.0630. The van der Waals surface area contributed by atoms with Crippen LogP contribution in [0.5, 0.6) is 11.5 Å². The highest BCUT2D eigenvalue weighted by atomic mass is 35.5. The number of benzene rings is 2. The number of thiophene rings is 1. The summed E-state index contributed by atoms with van der Waals surface area (Å²) < 4.78 is 6.23. The Morgan fingerprint density at radius 3 is 2.68 bits per heavy atom. The van der Waals surface area contributed by atoms with E-state index in [0.717, 1.165) is 16.2 Å². The molecule has 4 nitrogen and oxygen atoms in total. The standard InChI is InChI=1S/C20H13Cl3N2O2S/c21-10-3-4-17-12(6-10)16-9-15(18-2-1-5-28-18)24-25(16)20(27-17)13-7-11(22)8-14(23)19(13)26/h1-8,16,20,26H,9H2/t16-,20+/m1/s1. The molecule has 0 amide bonds. The lowest BCUT2D eigenvalue weighted by molar-refractivity contribution is -0.0203. The highest BCUT2D eigenvalue weighted by Gasteiger charge is 2.42. The molecule has 0 spiro atoms. The molecule has 0 fully saturated rings. The second-order valence-electron chi connectivity index (χ2n) is 6.60. The summed E-state index contributed by atoms with van der Waals surface area (Å²) in [5, 5.41) is 20.5. The Hall–Kier alpha value is -1.92. The van der Waals surface area contributed by atoms with E-state index < -0.39 is 6.23 Å².